The summed E-state index contributed by atoms with van der Waals surface area (Å²) in [4.78, 5) is 78.3. The predicted molar refractivity (Wildman–Crippen MR) is 259 cm³/mol. The number of unbranched alkanes of at least 4 members (excludes halogenated alkanes) is 2. The molecule has 2 unspecified atom stereocenters. The zero-order chi connectivity index (χ0) is 52.0. The molecule has 13 atom stereocenters. The molecule has 2 saturated carbocycles. The predicted octanol–water partition coefficient (Wildman–Crippen LogP) is 3.86. The third-order valence-corrected chi connectivity index (χ3v) is 17.4. The minimum Gasteiger partial charge on any atom is -0.461 e. The van der Waals surface area contributed by atoms with Crippen LogP contribution in [0, 0.1) is 111 Å². The fourth-order valence-corrected chi connectivity index (χ4v) is 13.4. The van der Waals surface area contributed by atoms with E-state index in [1.165, 1.54) is 13.8 Å². The van der Waals surface area contributed by atoms with Crippen LogP contribution in [0.5, 0.6) is 0 Å². The van der Waals surface area contributed by atoms with Crippen LogP contribution in [-0.2, 0) is 49.5 Å². The fraction of sp³-hybridized carbons (Fsp3) is 0.611. The number of ether oxygens (including phenoxy) is 4. The number of fused-ring (bicyclic) bond motifs is 10. The first-order valence-corrected chi connectivity index (χ1v) is 25.3. The molecule has 1 aromatic heterocycles. The molecule has 4 fully saturated rings. The van der Waals surface area contributed by atoms with Gasteiger partial charge in [-0.25, -0.2) is 9.78 Å². The topological polar surface area (TPSA) is 264 Å². The number of hydrogen-bond donors (Lipinski definition) is 6. The van der Waals surface area contributed by atoms with Crippen LogP contribution in [0.25, 0.3) is 10.9 Å². The molecule has 3 aliphatic carbocycles. The summed E-state index contributed by atoms with van der Waals surface area (Å²) < 4.78 is 23.3. The van der Waals surface area contributed by atoms with Crippen LogP contribution >= 0.6 is 0 Å². The molecule has 1 aromatic carbocycles. The molecule has 20 heteroatoms. The van der Waals surface area contributed by atoms with Gasteiger partial charge in [-0.15, -0.1) is 0 Å². The Labute approximate surface area is 502 Å². The molecule has 5 heterocycles. The number of aliphatic hydroxyl groups excluding tert-OH is 2. The molecule has 2 bridgehead atoms. The minimum absolute atomic E-state index is 0. The summed E-state index contributed by atoms with van der Waals surface area (Å²) in [5.74, 6) is -7.02. The number of cyclic esters (lactones) is 1. The molecule has 9 rings (SSSR count). The number of para-hydroxylation sites is 1. The van der Waals surface area contributed by atoms with Gasteiger partial charge in [0.1, 0.15) is 23.9 Å². The van der Waals surface area contributed by atoms with Crippen molar-refractivity contribution < 1.29 is 157 Å². The number of carbonyl (C=O) groups is 5. The number of benzene rings is 1. The van der Waals surface area contributed by atoms with Gasteiger partial charge >= 0.3 is 17.9 Å². The molecular weight excluding hydrogens is 1380 g/mol. The second-order valence-corrected chi connectivity index (χ2v) is 21.9. The first-order chi connectivity index (χ1) is 33.9. The Morgan fingerprint density at radius 1 is 1.07 bits per heavy atom. The van der Waals surface area contributed by atoms with E-state index >= 15 is 4.79 Å². The summed E-state index contributed by atoms with van der Waals surface area (Å²) in [7, 11) is 0. The van der Waals surface area contributed by atoms with Crippen LogP contribution in [-0.4, -0.2) is 138 Å². The van der Waals surface area contributed by atoms with Crippen molar-refractivity contribution in [3.63, 3.8) is 0 Å². The number of nitrogens with zero attached hydrogens (tertiary/aromatic N) is 3. The number of amides is 1. The molecule has 18 nitrogen and oxygen atoms in total. The standard InChI is InChI=1S/C54H68N4O14.2Ac/c1-9-54(68)35-20-37-44-34(25-58(37)24-31(35)19-42(61)72-54)33(32-15-12-13-16-36(32)57-44)23-55-18-14-10-11-17-41(60)71-39-21-40-52(66,26-69-40)47-28(3)53(67)22-38(70-49(65)45(62)29(4)56-30(5)59)27(2)43(50(53,6)7)46(63)48(64)51(39,47)8;;/h12-13,15-16,20,23-24,28-29,37-40,45-47,62-63,66-68H,9-11,14,17-19,21-22,25-26H2,1-8H3,(H,56,59);;/t28-,29-,37?,38-,39-,40+,45+,46+,47?,51+,52-,53+,54+;;/m0../s1. The molecule has 4 aliphatic heterocycles. The van der Waals surface area contributed by atoms with E-state index in [-0.39, 0.29) is 138 Å². The Bertz CT molecular complexity index is 2750. The Morgan fingerprint density at radius 3 is 2.46 bits per heavy atom. The molecule has 74 heavy (non-hydrogen) atoms. The first-order valence-electron chi connectivity index (χ1n) is 25.3. The van der Waals surface area contributed by atoms with Crippen LogP contribution < -0.4 is 5.32 Å². The second kappa shape index (κ2) is 22.0. The number of carbonyl (C=O) groups excluding carboxylic acids is 5. The van der Waals surface area contributed by atoms with Crippen LogP contribution in [0.2, 0.25) is 0 Å². The van der Waals surface area contributed by atoms with Gasteiger partial charge in [0.25, 0.3) is 0 Å². The number of esters is 3. The zero-order valence-electron chi connectivity index (χ0n) is 43.4. The molecule has 394 valence electrons. The fourth-order valence-electron chi connectivity index (χ4n) is 13.4. The molecule has 1 amide bonds. The second-order valence-electron chi connectivity index (χ2n) is 21.9. The first kappa shape index (κ1) is 59.2. The van der Waals surface area contributed by atoms with Crippen molar-refractivity contribution in [3.05, 3.63) is 75.7 Å². The maximum Gasteiger partial charge on any atom is 0.337 e. The summed E-state index contributed by atoms with van der Waals surface area (Å²) in [6.07, 6.45) is 0.807. The number of rotatable bonds is 13. The van der Waals surface area contributed by atoms with E-state index < -0.39 is 106 Å². The van der Waals surface area contributed by atoms with E-state index in [1.54, 1.807) is 41.5 Å². The third-order valence-electron chi connectivity index (χ3n) is 17.4. The van der Waals surface area contributed by atoms with E-state index in [0.29, 0.717) is 43.5 Å². The maximum absolute atomic E-state index is 15.1. The number of aliphatic imine (C=N–C) groups is 1. The summed E-state index contributed by atoms with van der Waals surface area (Å²) in [5.41, 5.74) is -1.13. The van der Waals surface area contributed by atoms with Gasteiger partial charge in [-0.3, -0.25) is 24.2 Å². The van der Waals surface area contributed by atoms with Crippen LogP contribution in [0.3, 0.4) is 0 Å². The van der Waals surface area contributed by atoms with E-state index in [9.17, 15) is 44.7 Å². The summed E-state index contributed by atoms with van der Waals surface area (Å²) in [6, 6.07) is 6.59. The molecule has 2 saturated heterocycles. The van der Waals surface area contributed by atoms with Gasteiger partial charge in [-0.2, -0.15) is 0 Å². The Morgan fingerprint density at radius 2 is 1.78 bits per heavy atom. The smallest absolute Gasteiger partial charge is 0.337 e. The number of aliphatic hydroxyl groups is 5. The van der Waals surface area contributed by atoms with Crippen molar-refractivity contribution in [2.45, 2.75) is 173 Å². The van der Waals surface area contributed by atoms with Crippen molar-refractivity contribution in [2.24, 2.45) is 27.7 Å². The van der Waals surface area contributed by atoms with Gasteiger partial charge in [0.15, 0.2) is 11.9 Å². The Kier molecular flexibility index (Phi) is 17.6. The van der Waals surface area contributed by atoms with Crippen LogP contribution in [0.4, 0.5) is 0 Å². The SMILES string of the molecule is CC[C@@]1(O)OC(=O)CC2=CN3Cc4c(nc5ccccc5c4C=NCCCCCC(=O)O[C@H]4C[C@H]5OC[C@@]5(O)C5[C@H](C)[C@]6(O)C[C@H](OC(=O)[C@H](O)[C@H](C)NC(C)=O)C(C)=C([C@@H](O)C(=O)[C@@]54C)C6(C)C)C3C=C21.[Ac].[Ac]. The molecule has 2 aromatic rings. The number of pyridine rings is 1. The maximum atomic E-state index is 15.1. The molecule has 7 aliphatic rings. The van der Waals surface area contributed by atoms with Gasteiger partial charge in [0.05, 0.1) is 53.4 Å². The molecular formula is C54H68Ac2N4O14. The van der Waals surface area contributed by atoms with E-state index in [0.717, 1.165) is 33.3 Å². The van der Waals surface area contributed by atoms with Crippen molar-refractivity contribution in [1.82, 2.24) is 15.2 Å². The zero-order valence-corrected chi connectivity index (χ0v) is 52.9. The van der Waals surface area contributed by atoms with Gasteiger partial charge in [0.2, 0.25) is 11.7 Å². The van der Waals surface area contributed by atoms with Gasteiger partial charge < -0.3 is 54.7 Å². The van der Waals surface area contributed by atoms with Crippen LogP contribution in [0.15, 0.2) is 63.8 Å². The van der Waals surface area contributed by atoms with E-state index in [2.05, 4.69) is 10.2 Å². The quantitative estimate of drug-likeness (QED) is 0.0547. The minimum atomic E-state index is -1.87. The normalized spacial score (nSPS) is 34.2. The molecule has 6 N–H and O–H groups in total. The number of aromatic nitrogens is 1. The Balaban J connectivity index is 0.00000400. The number of Topliss-reactive ketones (excluding diaryl/α,β-unsaturated/α-hetero) is 1. The third kappa shape index (κ3) is 9.80. The van der Waals surface area contributed by atoms with Gasteiger partial charge in [-0.1, -0.05) is 52.3 Å². The molecule has 2 radical (unpaired) electrons. The Hall–Kier alpha value is -2.49. The number of hydrogen-bond acceptors (Lipinski definition) is 17. The average Bonchev–Trinajstić information content (AvgIpc) is 3.67. The van der Waals surface area contributed by atoms with Crippen molar-refractivity contribution in [1.29, 1.82) is 0 Å². The summed E-state index contributed by atoms with van der Waals surface area (Å²) in [6.45, 7) is 13.6. The van der Waals surface area contributed by atoms with E-state index in [1.807, 2.05) is 42.8 Å². The monoisotopic (exact) mass is 1450 g/mol. The average molecular weight is 1450 g/mol. The largest absolute Gasteiger partial charge is 0.461 e. The summed E-state index contributed by atoms with van der Waals surface area (Å²) >= 11 is 0. The summed E-state index contributed by atoms with van der Waals surface area (Å²) in [5, 5.41) is 63.1. The van der Waals surface area contributed by atoms with Gasteiger partial charge in [0, 0.05) is 180 Å². The van der Waals surface area contributed by atoms with E-state index in [4.69, 9.17) is 28.9 Å². The van der Waals surface area contributed by atoms with Crippen LogP contribution in [0.1, 0.15) is 130 Å². The van der Waals surface area contributed by atoms with Crippen molar-refractivity contribution in [2.75, 3.05) is 13.2 Å². The van der Waals surface area contributed by atoms with Crippen molar-refractivity contribution >= 4 is 46.7 Å². The number of nitrogens with one attached hydrogen (secondary N) is 1. The molecule has 0 spiro atoms. The van der Waals surface area contributed by atoms with Gasteiger partial charge in [-0.05, 0) is 68.4 Å². The van der Waals surface area contributed by atoms with Crippen molar-refractivity contribution in [3.8, 4) is 0 Å². The number of ketones is 1.